The van der Waals surface area contributed by atoms with Crippen LogP contribution in [0.1, 0.15) is 0 Å². The Kier molecular flexibility index (Phi) is 5.78. The van der Waals surface area contributed by atoms with Crippen molar-refractivity contribution in [3.05, 3.63) is 158 Å². The molecule has 0 aliphatic heterocycles. The topological polar surface area (TPSA) is 25.8 Å². The zero-order valence-corrected chi connectivity index (χ0v) is 26.1. The molecule has 10 aromatic rings. The van der Waals surface area contributed by atoms with Crippen molar-refractivity contribution >= 4 is 74.9 Å². The second kappa shape index (κ2) is 10.3. The summed E-state index contributed by atoms with van der Waals surface area (Å²) in [5.74, 6) is 0. The average molecular weight is 615 g/mol. The molecule has 7 aromatic carbocycles. The predicted molar refractivity (Wildman–Crippen MR) is 201 cm³/mol. The summed E-state index contributed by atoms with van der Waals surface area (Å²) < 4.78 is 2.66. The molecule has 3 heterocycles. The van der Waals surface area contributed by atoms with Gasteiger partial charge in [0, 0.05) is 42.1 Å². The van der Waals surface area contributed by atoms with E-state index in [-0.39, 0.29) is 0 Å². The molecule has 47 heavy (non-hydrogen) atoms. The molecule has 0 atom stereocenters. The summed E-state index contributed by atoms with van der Waals surface area (Å²) in [6.45, 7) is 0. The fourth-order valence-electron chi connectivity index (χ4n) is 6.98. The van der Waals surface area contributed by atoms with E-state index in [1.165, 1.54) is 52.8 Å². The number of benzene rings is 7. The first-order valence-electron chi connectivity index (χ1n) is 15.9. The second-order valence-corrected chi connectivity index (χ2v) is 13.3. The van der Waals surface area contributed by atoms with E-state index in [1.807, 2.05) is 11.3 Å². The van der Waals surface area contributed by atoms with E-state index in [1.54, 1.807) is 0 Å². The molecule has 218 valence electrons. The maximum atomic E-state index is 5.22. The van der Waals surface area contributed by atoms with E-state index >= 15 is 0 Å². The molecule has 0 aliphatic carbocycles. The van der Waals surface area contributed by atoms with Gasteiger partial charge >= 0.3 is 0 Å². The summed E-state index contributed by atoms with van der Waals surface area (Å²) in [6.07, 6.45) is 0. The van der Waals surface area contributed by atoms with Crippen molar-refractivity contribution in [2.75, 3.05) is 0 Å². The molecule has 0 fully saturated rings. The number of pyridine rings is 2. The van der Waals surface area contributed by atoms with Crippen molar-refractivity contribution in [2.24, 2.45) is 0 Å². The summed E-state index contributed by atoms with van der Waals surface area (Å²) in [6, 6.07) is 56.7. The molecule has 10 rings (SSSR count). The van der Waals surface area contributed by atoms with Gasteiger partial charge in [-0.15, -0.1) is 11.3 Å². The highest BCUT2D eigenvalue weighted by Gasteiger charge is 2.12. The first-order valence-corrected chi connectivity index (χ1v) is 16.7. The number of thiophene rings is 1. The number of nitrogens with zero attached hydrogens (tertiary/aromatic N) is 2. The Bertz CT molecular complexity index is 2850. The van der Waals surface area contributed by atoms with Crippen molar-refractivity contribution in [3.63, 3.8) is 0 Å². The van der Waals surface area contributed by atoms with Crippen LogP contribution < -0.4 is 0 Å². The third kappa shape index (κ3) is 4.32. The maximum Gasteiger partial charge on any atom is 0.0972 e. The van der Waals surface area contributed by atoms with Crippen molar-refractivity contribution in [3.8, 4) is 33.6 Å². The minimum atomic E-state index is 0.924. The van der Waals surface area contributed by atoms with Gasteiger partial charge in [-0.05, 0) is 69.1 Å². The van der Waals surface area contributed by atoms with Crippen LogP contribution in [0.3, 0.4) is 0 Å². The SMILES string of the molecule is c1ccc2cc3cc(-c4ccc5ccc6ccc(-c7ccc(-c8cccc9c8sc8ccccc89)cc7)nc6c5n4)ccc3cc2c1. The van der Waals surface area contributed by atoms with Gasteiger partial charge in [-0.3, -0.25) is 0 Å². The van der Waals surface area contributed by atoms with Gasteiger partial charge in [0.25, 0.3) is 0 Å². The molecule has 2 nitrogen and oxygen atoms in total. The van der Waals surface area contributed by atoms with Gasteiger partial charge in [0.2, 0.25) is 0 Å². The largest absolute Gasteiger partial charge is 0.245 e. The van der Waals surface area contributed by atoms with Crippen LogP contribution in [-0.4, -0.2) is 9.97 Å². The predicted octanol–water partition coefficient (Wildman–Crippen LogP) is 12.5. The van der Waals surface area contributed by atoms with E-state index in [0.717, 1.165) is 44.3 Å². The Morgan fingerprint density at radius 3 is 1.68 bits per heavy atom. The van der Waals surface area contributed by atoms with Gasteiger partial charge in [0.15, 0.2) is 0 Å². The first kappa shape index (κ1) is 26.3. The quantitative estimate of drug-likeness (QED) is 0.146. The van der Waals surface area contributed by atoms with E-state index in [4.69, 9.17) is 9.97 Å². The lowest BCUT2D eigenvalue weighted by molar-refractivity contribution is 1.37. The molecule has 3 aromatic heterocycles. The van der Waals surface area contributed by atoms with E-state index < -0.39 is 0 Å². The molecule has 0 saturated heterocycles. The Hall–Kier alpha value is -5.90. The third-order valence-electron chi connectivity index (χ3n) is 9.42. The number of rotatable bonds is 3. The van der Waals surface area contributed by atoms with Crippen LogP contribution in [0.5, 0.6) is 0 Å². The lowest BCUT2D eigenvalue weighted by Crippen LogP contribution is -1.91. The van der Waals surface area contributed by atoms with Crippen LogP contribution in [0.4, 0.5) is 0 Å². The van der Waals surface area contributed by atoms with Gasteiger partial charge in [-0.2, -0.15) is 0 Å². The molecule has 3 heteroatoms. The molecule has 0 saturated carbocycles. The van der Waals surface area contributed by atoms with E-state index in [9.17, 15) is 0 Å². The Balaban J connectivity index is 1.05. The monoisotopic (exact) mass is 614 g/mol. The standard InChI is InChI=1S/C44H26N2S/c1-2-7-32-25-35-26-34(19-18-33(35)24-31(32)6-1)40-23-21-30-17-16-29-20-22-39(45-42(29)43(30)46-40)28-14-12-27(13-15-28)36-9-5-10-38-37-8-3-4-11-41(37)47-44(36)38/h1-26H. The molecule has 0 N–H and O–H groups in total. The molecule has 0 spiro atoms. The summed E-state index contributed by atoms with van der Waals surface area (Å²) in [5.41, 5.74) is 8.43. The van der Waals surface area contributed by atoms with Gasteiger partial charge in [0.05, 0.1) is 22.4 Å². The highest BCUT2D eigenvalue weighted by atomic mass is 32.1. The zero-order chi connectivity index (χ0) is 30.9. The zero-order valence-electron chi connectivity index (χ0n) is 25.3. The third-order valence-corrected chi connectivity index (χ3v) is 10.6. The van der Waals surface area contributed by atoms with Crippen LogP contribution in [-0.2, 0) is 0 Å². The smallest absolute Gasteiger partial charge is 0.0972 e. The summed E-state index contributed by atoms with van der Waals surface area (Å²) in [4.78, 5) is 10.4. The minimum absolute atomic E-state index is 0.924. The number of aromatic nitrogens is 2. The molecular formula is C44H26N2S. The van der Waals surface area contributed by atoms with Gasteiger partial charge < -0.3 is 0 Å². The molecule has 0 bridgehead atoms. The normalized spacial score (nSPS) is 11.8. The van der Waals surface area contributed by atoms with E-state index in [2.05, 4.69) is 158 Å². The second-order valence-electron chi connectivity index (χ2n) is 12.2. The van der Waals surface area contributed by atoms with Crippen LogP contribution in [0.15, 0.2) is 158 Å². The molecule has 0 amide bonds. The van der Waals surface area contributed by atoms with Crippen LogP contribution in [0.2, 0.25) is 0 Å². The van der Waals surface area contributed by atoms with E-state index in [0.29, 0.717) is 0 Å². The fourth-order valence-corrected chi connectivity index (χ4v) is 8.22. The minimum Gasteiger partial charge on any atom is -0.245 e. The highest BCUT2D eigenvalue weighted by molar-refractivity contribution is 7.26. The van der Waals surface area contributed by atoms with Crippen LogP contribution in [0.25, 0.3) is 97.2 Å². The summed E-state index contributed by atoms with van der Waals surface area (Å²) >= 11 is 1.87. The van der Waals surface area contributed by atoms with Gasteiger partial charge in [0.1, 0.15) is 0 Å². The fraction of sp³-hybridized carbons (Fsp3) is 0. The van der Waals surface area contributed by atoms with Crippen molar-refractivity contribution in [1.82, 2.24) is 9.97 Å². The molecule has 0 aliphatic rings. The average Bonchev–Trinajstić information content (AvgIpc) is 3.52. The number of hydrogen-bond donors (Lipinski definition) is 0. The first-order chi connectivity index (χ1) is 23.2. The Morgan fingerprint density at radius 1 is 0.362 bits per heavy atom. The molecule has 0 unspecified atom stereocenters. The number of hydrogen-bond acceptors (Lipinski definition) is 3. The van der Waals surface area contributed by atoms with Crippen LogP contribution >= 0.6 is 11.3 Å². The van der Waals surface area contributed by atoms with Gasteiger partial charge in [-0.25, -0.2) is 9.97 Å². The van der Waals surface area contributed by atoms with Gasteiger partial charge in [-0.1, -0.05) is 121 Å². The lowest BCUT2D eigenvalue weighted by Gasteiger charge is -2.10. The number of fused-ring (bicyclic) bond motifs is 8. The summed E-state index contributed by atoms with van der Waals surface area (Å²) in [5, 5.41) is 9.77. The van der Waals surface area contributed by atoms with Crippen molar-refractivity contribution in [1.29, 1.82) is 0 Å². The van der Waals surface area contributed by atoms with Crippen LogP contribution in [0, 0.1) is 0 Å². The lowest BCUT2D eigenvalue weighted by atomic mass is 9.99. The highest BCUT2D eigenvalue weighted by Crippen LogP contribution is 2.40. The molecule has 0 radical (unpaired) electrons. The van der Waals surface area contributed by atoms with Crippen molar-refractivity contribution in [2.45, 2.75) is 0 Å². The maximum absolute atomic E-state index is 5.22. The van der Waals surface area contributed by atoms with Crippen molar-refractivity contribution < 1.29 is 0 Å². The Morgan fingerprint density at radius 2 is 0.915 bits per heavy atom. The molecular weight excluding hydrogens is 589 g/mol. The Labute approximate surface area is 275 Å². The summed E-state index contributed by atoms with van der Waals surface area (Å²) in [7, 11) is 0.